The van der Waals surface area contributed by atoms with Gasteiger partial charge in [0.2, 0.25) is 0 Å². The number of ether oxygens (including phenoxy) is 2. The van der Waals surface area contributed by atoms with E-state index >= 15 is 0 Å². The van der Waals surface area contributed by atoms with Crippen molar-refractivity contribution in [3.05, 3.63) is 23.7 Å². The third-order valence-electron chi connectivity index (χ3n) is 6.03. The molecule has 0 bridgehead atoms. The second kappa shape index (κ2) is 11.7. The monoisotopic (exact) mass is 421 g/mol. The zero-order valence-corrected chi connectivity index (χ0v) is 19.0. The number of morpholine rings is 2. The molecule has 2 fully saturated rings. The van der Waals surface area contributed by atoms with E-state index in [0.717, 1.165) is 83.2 Å². The molecular formula is C22H39N5O3. The Labute approximate surface area is 181 Å². The molecule has 3 heterocycles. The third kappa shape index (κ3) is 6.44. The van der Waals surface area contributed by atoms with E-state index < -0.39 is 0 Å². The van der Waals surface area contributed by atoms with Crippen LogP contribution in [0.25, 0.3) is 0 Å². The molecular weight excluding hydrogens is 382 g/mol. The Kier molecular flexibility index (Phi) is 8.99. The molecule has 0 radical (unpaired) electrons. The van der Waals surface area contributed by atoms with Gasteiger partial charge in [0.05, 0.1) is 32.5 Å². The van der Waals surface area contributed by atoms with Gasteiger partial charge >= 0.3 is 0 Å². The van der Waals surface area contributed by atoms with E-state index in [-0.39, 0.29) is 6.04 Å². The van der Waals surface area contributed by atoms with Crippen LogP contribution >= 0.6 is 0 Å². The standard InChI is InChI=1S/C22H39N5O3/c1-17(2)19(26-7-11-28-12-8-26)15-24-22(23-4)25-16-20(21-6-5-18(3)30-21)27-9-13-29-14-10-27/h5-6,17,19-20H,7-16H2,1-4H3,(H2,23,24,25). The van der Waals surface area contributed by atoms with Crippen molar-refractivity contribution in [2.75, 3.05) is 72.7 Å². The van der Waals surface area contributed by atoms with Gasteiger partial charge in [-0.1, -0.05) is 13.8 Å². The quantitative estimate of drug-likeness (QED) is 0.486. The molecule has 170 valence electrons. The Morgan fingerprint density at radius 2 is 1.57 bits per heavy atom. The molecule has 0 aliphatic carbocycles. The van der Waals surface area contributed by atoms with Crippen molar-refractivity contribution in [3.8, 4) is 0 Å². The lowest BCUT2D eigenvalue weighted by Gasteiger charge is -2.37. The summed E-state index contributed by atoms with van der Waals surface area (Å²) in [7, 11) is 1.83. The molecule has 3 rings (SSSR count). The van der Waals surface area contributed by atoms with Gasteiger partial charge in [0.25, 0.3) is 0 Å². The topological polar surface area (TPSA) is 74.5 Å². The number of nitrogens with one attached hydrogen (secondary N) is 2. The average molecular weight is 422 g/mol. The van der Waals surface area contributed by atoms with Gasteiger partial charge in [-0.3, -0.25) is 14.8 Å². The highest BCUT2D eigenvalue weighted by Crippen LogP contribution is 2.23. The molecule has 0 aromatic carbocycles. The van der Waals surface area contributed by atoms with Gasteiger partial charge in [0, 0.05) is 52.4 Å². The largest absolute Gasteiger partial charge is 0.465 e. The third-order valence-corrected chi connectivity index (χ3v) is 6.03. The van der Waals surface area contributed by atoms with Crippen molar-refractivity contribution >= 4 is 5.96 Å². The van der Waals surface area contributed by atoms with Crippen LogP contribution in [-0.2, 0) is 9.47 Å². The van der Waals surface area contributed by atoms with Crippen LogP contribution in [0.15, 0.2) is 21.5 Å². The summed E-state index contributed by atoms with van der Waals surface area (Å²) in [5.74, 6) is 3.32. The van der Waals surface area contributed by atoms with Crippen molar-refractivity contribution in [1.29, 1.82) is 0 Å². The van der Waals surface area contributed by atoms with Crippen LogP contribution in [0.3, 0.4) is 0 Å². The normalized spacial score (nSPS) is 21.6. The predicted octanol–water partition coefficient (Wildman–Crippen LogP) is 1.48. The van der Waals surface area contributed by atoms with Gasteiger partial charge in [-0.2, -0.15) is 0 Å². The predicted molar refractivity (Wildman–Crippen MR) is 119 cm³/mol. The molecule has 2 atom stereocenters. The van der Waals surface area contributed by atoms with Crippen LogP contribution in [0.4, 0.5) is 0 Å². The summed E-state index contributed by atoms with van der Waals surface area (Å²) in [4.78, 5) is 9.41. The number of hydrogen-bond acceptors (Lipinski definition) is 6. The van der Waals surface area contributed by atoms with Crippen LogP contribution < -0.4 is 10.6 Å². The maximum absolute atomic E-state index is 5.97. The van der Waals surface area contributed by atoms with E-state index in [0.29, 0.717) is 12.0 Å². The fourth-order valence-electron chi connectivity index (χ4n) is 4.24. The lowest BCUT2D eigenvalue weighted by molar-refractivity contribution is 0.00742. The van der Waals surface area contributed by atoms with Gasteiger partial charge in [-0.15, -0.1) is 0 Å². The second-order valence-electron chi connectivity index (χ2n) is 8.41. The van der Waals surface area contributed by atoms with Crippen LogP contribution in [0.5, 0.6) is 0 Å². The highest BCUT2D eigenvalue weighted by Gasteiger charge is 2.26. The molecule has 2 aliphatic rings. The van der Waals surface area contributed by atoms with E-state index in [2.05, 4.69) is 45.3 Å². The summed E-state index contributed by atoms with van der Waals surface area (Å²) >= 11 is 0. The highest BCUT2D eigenvalue weighted by atomic mass is 16.5. The Hall–Kier alpha value is -1.61. The van der Waals surface area contributed by atoms with Gasteiger partial charge < -0.3 is 24.5 Å². The van der Waals surface area contributed by atoms with E-state index in [1.807, 2.05) is 20.0 Å². The fourth-order valence-corrected chi connectivity index (χ4v) is 4.24. The number of guanidine groups is 1. The zero-order chi connectivity index (χ0) is 21.3. The summed E-state index contributed by atoms with van der Waals surface area (Å²) < 4.78 is 17.0. The van der Waals surface area contributed by atoms with Crippen molar-refractivity contribution in [2.24, 2.45) is 10.9 Å². The van der Waals surface area contributed by atoms with Crippen molar-refractivity contribution in [1.82, 2.24) is 20.4 Å². The fraction of sp³-hybridized carbons (Fsp3) is 0.773. The molecule has 0 amide bonds. The van der Waals surface area contributed by atoms with Crippen molar-refractivity contribution in [3.63, 3.8) is 0 Å². The number of furan rings is 1. The molecule has 8 heteroatoms. The maximum Gasteiger partial charge on any atom is 0.191 e. The van der Waals surface area contributed by atoms with Gasteiger partial charge in [-0.25, -0.2) is 0 Å². The Morgan fingerprint density at radius 3 is 2.10 bits per heavy atom. The van der Waals surface area contributed by atoms with Gasteiger partial charge in [0.1, 0.15) is 11.5 Å². The SMILES string of the molecule is CN=C(NCC(c1ccc(C)o1)N1CCOCC1)NCC(C(C)C)N1CCOCC1. The number of aryl methyl sites for hydroxylation is 1. The lowest BCUT2D eigenvalue weighted by atomic mass is 10.0. The highest BCUT2D eigenvalue weighted by molar-refractivity contribution is 5.79. The number of hydrogen-bond donors (Lipinski definition) is 2. The van der Waals surface area contributed by atoms with Crippen LogP contribution in [-0.4, -0.2) is 94.5 Å². The number of rotatable bonds is 8. The molecule has 0 spiro atoms. The summed E-state index contributed by atoms with van der Waals surface area (Å²) in [6.07, 6.45) is 0. The summed E-state index contributed by atoms with van der Waals surface area (Å²) in [5.41, 5.74) is 0. The summed E-state index contributed by atoms with van der Waals surface area (Å²) in [6, 6.07) is 4.72. The lowest BCUT2D eigenvalue weighted by Crippen LogP contribution is -2.53. The molecule has 2 aliphatic heterocycles. The first-order valence-electron chi connectivity index (χ1n) is 11.2. The number of aliphatic imine (C=N–C) groups is 1. The van der Waals surface area contributed by atoms with Crippen molar-refractivity contribution in [2.45, 2.75) is 32.9 Å². The molecule has 8 nitrogen and oxygen atoms in total. The van der Waals surface area contributed by atoms with Crippen LogP contribution in [0, 0.1) is 12.8 Å². The molecule has 1 aromatic rings. The van der Waals surface area contributed by atoms with Gasteiger partial charge in [-0.05, 0) is 25.0 Å². The van der Waals surface area contributed by atoms with E-state index in [1.54, 1.807) is 0 Å². The van der Waals surface area contributed by atoms with Gasteiger partial charge in [0.15, 0.2) is 5.96 Å². The minimum absolute atomic E-state index is 0.154. The molecule has 2 N–H and O–H groups in total. The van der Waals surface area contributed by atoms with Crippen LogP contribution in [0.2, 0.25) is 0 Å². The van der Waals surface area contributed by atoms with Crippen LogP contribution in [0.1, 0.15) is 31.4 Å². The Bertz CT molecular complexity index is 651. The minimum atomic E-state index is 0.154. The maximum atomic E-state index is 5.97. The molecule has 1 aromatic heterocycles. The number of nitrogens with zero attached hydrogens (tertiary/aromatic N) is 3. The minimum Gasteiger partial charge on any atom is -0.465 e. The molecule has 30 heavy (non-hydrogen) atoms. The van der Waals surface area contributed by atoms with Crippen molar-refractivity contribution < 1.29 is 13.9 Å². The van der Waals surface area contributed by atoms with E-state index in [9.17, 15) is 0 Å². The van der Waals surface area contributed by atoms with E-state index in [1.165, 1.54) is 0 Å². The smallest absolute Gasteiger partial charge is 0.191 e. The second-order valence-corrected chi connectivity index (χ2v) is 8.41. The first-order chi connectivity index (χ1) is 14.6. The summed E-state index contributed by atoms with van der Waals surface area (Å²) in [5, 5.41) is 7.07. The molecule has 0 saturated carbocycles. The first-order valence-corrected chi connectivity index (χ1v) is 11.2. The zero-order valence-electron chi connectivity index (χ0n) is 19.0. The van der Waals surface area contributed by atoms with E-state index in [4.69, 9.17) is 13.9 Å². The Balaban J connectivity index is 1.57. The molecule has 2 unspecified atom stereocenters. The molecule has 2 saturated heterocycles. The summed E-state index contributed by atoms with van der Waals surface area (Å²) in [6.45, 7) is 15.1. The average Bonchev–Trinajstić information content (AvgIpc) is 3.19. The first kappa shape index (κ1) is 23.1. The Morgan fingerprint density at radius 1 is 0.967 bits per heavy atom.